The van der Waals surface area contributed by atoms with Crippen LogP contribution in [-0.2, 0) is 16.1 Å². The minimum absolute atomic E-state index is 0.0338. The SMILES string of the molecule is CN(CC1CC(c2ccc(CO)cc2)OC(c2cccc(NC(=O)c3ccccc3)c2)O1)CC(O)c1cccc(O)c1. The molecule has 4 aromatic rings. The molecular formula is C34H36N2O6. The standard InChI is InChI=1S/C34H36N2O6/c1-36(21-31(39)26-9-6-12-29(38)18-26)20-30-19-32(24-15-13-23(22-37)14-16-24)42-34(41-30)27-10-5-11-28(17-27)35-33(40)25-7-3-2-4-8-25/h2-18,30-32,34,37-39H,19-22H2,1H3,(H,35,40). The molecule has 4 N–H and O–H groups in total. The number of ether oxygens (including phenoxy) is 2. The van der Waals surface area contributed by atoms with E-state index in [1.807, 2.05) is 78.7 Å². The highest BCUT2D eigenvalue weighted by atomic mass is 16.7. The number of hydrogen-bond acceptors (Lipinski definition) is 7. The molecule has 1 fully saturated rings. The van der Waals surface area contributed by atoms with Crippen LogP contribution in [-0.4, -0.2) is 52.4 Å². The molecule has 42 heavy (non-hydrogen) atoms. The molecule has 0 aliphatic carbocycles. The van der Waals surface area contributed by atoms with Gasteiger partial charge in [0.15, 0.2) is 6.29 Å². The third-order valence-corrected chi connectivity index (χ3v) is 7.32. The van der Waals surface area contributed by atoms with Crippen LogP contribution in [0, 0.1) is 0 Å². The summed E-state index contributed by atoms with van der Waals surface area (Å²) in [6.07, 6.45) is -1.37. The Bertz CT molecular complexity index is 1460. The highest BCUT2D eigenvalue weighted by Gasteiger charge is 2.33. The van der Waals surface area contributed by atoms with Gasteiger partial charge in [-0.2, -0.15) is 0 Å². The molecule has 1 aliphatic rings. The maximum atomic E-state index is 12.7. The first-order chi connectivity index (χ1) is 20.4. The number of amides is 1. The van der Waals surface area contributed by atoms with Crippen molar-refractivity contribution in [2.45, 2.75) is 37.6 Å². The minimum atomic E-state index is -0.774. The zero-order valence-corrected chi connectivity index (χ0v) is 23.5. The molecule has 8 heteroatoms. The first kappa shape index (κ1) is 29.4. The van der Waals surface area contributed by atoms with Crippen molar-refractivity contribution in [3.63, 3.8) is 0 Å². The number of rotatable bonds is 10. The fourth-order valence-corrected chi connectivity index (χ4v) is 5.14. The van der Waals surface area contributed by atoms with Crippen LogP contribution in [0.25, 0.3) is 0 Å². The number of carbonyl (C=O) groups excluding carboxylic acids is 1. The van der Waals surface area contributed by atoms with Crippen LogP contribution in [0.5, 0.6) is 5.75 Å². The van der Waals surface area contributed by atoms with Gasteiger partial charge in [-0.1, -0.05) is 66.7 Å². The fraction of sp³-hybridized carbons (Fsp3) is 0.265. The summed E-state index contributed by atoms with van der Waals surface area (Å²) in [5, 5.41) is 33.0. The number of likely N-dealkylation sites (N-methyl/N-ethyl adjacent to an activating group) is 1. The summed E-state index contributed by atoms with van der Waals surface area (Å²) in [5.74, 6) is -0.0908. The van der Waals surface area contributed by atoms with Crippen molar-refractivity contribution < 1.29 is 29.6 Å². The maximum Gasteiger partial charge on any atom is 0.255 e. The number of phenolic OH excluding ortho intramolecular Hbond substituents is 1. The topological polar surface area (TPSA) is 111 Å². The van der Waals surface area contributed by atoms with E-state index >= 15 is 0 Å². The van der Waals surface area contributed by atoms with E-state index in [1.54, 1.807) is 36.4 Å². The number of nitrogens with one attached hydrogen (secondary N) is 1. The highest BCUT2D eigenvalue weighted by Crippen LogP contribution is 2.38. The van der Waals surface area contributed by atoms with Gasteiger partial charge in [0.25, 0.3) is 5.91 Å². The molecule has 0 spiro atoms. The molecule has 4 atom stereocenters. The molecule has 8 nitrogen and oxygen atoms in total. The molecule has 4 aromatic carbocycles. The van der Waals surface area contributed by atoms with Crippen molar-refractivity contribution in [2.24, 2.45) is 0 Å². The van der Waals surface area contributed by atoms with Crippen molar-refractivity contribution >= 4 is 11.6 Å². The zero-order valence-electron chi connectivity index (χ0n) is 23.5. The number of aliphatic hydroxyl groups is 2. The van der Waals surface area contributed by atoms with Crippen LogP contribution in [0.3, 0.4) is 0 Å². The van der Waals surface area contributed by atoms with Crippen LogP contribution >= 0.6 is 0 Å². The van der Waals surface area contributed by atoms with Crippen molar-refractivity contribution in [1.29, 1.82) is 0 Å². The van der Waals surface area contributed by atoms with Crippen LogP contribution in [0.1, 0.15) is 57.5 Å². The van der Waals surface area contributed by atoms with E-state index in [2.05, 4.69) is 5.32 Å². The minimum Gasteiger partial charge on any atom is -0.508 e. The number of phenols is 1. The van der Waals surface area contributed by atoms with E-state index in [-0.39, 0.29) is 30.5 Å². The van der Waals surface area contributed by atoms with Gasteiger partial charge in [-0.3, -0.25) is 4.79 Å². The van der Waals surface area contributed by atoms with Gasteiger partial charge in [0.2, 0.25) is 0 Å². The number of carbonyl (C=O) groups is 1. The van der Waals surface area contributed by atoms with Gasteiger partial charge in [-0.25, -0.2) is 0 Å². The lowest BCUT2D eigenvalue weighted by Crippen LogP contribution is -2.39. The van der Waals surface area contributed by atoms with Crippen molar-refractivity contribution in [2.75, 3.05) is 25.5 Å². The van der Waals surface area contributed by atoms with E-state index in [0.29, 0.717) is 36.3 Å². The summed E-state index contributed by atoms with van der Waals surface area (Å²) in [6.45, 7) is 0.852. The number of nitrogens with zero attached hydrogens (tertiary/aromatic N) is 1. The summed E-state index contributed by atoms with van der Waals surface area (Å²) >= 11 is 0. The fourth-order valence-electron chi connectivity index (χ4n) is 5.14. The summed E-state index contributed by atoms with van der Waals surface area (Å²) in [7, 11) is 1.92. The lowest BCUT2D eigenvalue weighted by molar-refractivity contribution is -0.252. The maximum absolute atomic E-state index is 12.7. The second-order valence-corrected chi connectivity index (χ2v) is 10.6. The number of hydrogen-bond donors (Lipinski definition) is 4. The van der Waals surface area contributed by atoms with Crippen molar-refractivity contribution in [3.05, 3.63) is 131 Å². The first-order valence-corrected chi connectivity index (χ1v) is 14.0. The van der Waals surface area contributed by atoms with Crippen molar-refractivity contribution in [3.8, 4) is 5.75 Å². The average molecular weight is 569 g/mol. The van der Waals surface area contributed by atoms with E-state index in [9.17, 15) is 20.1 Å². The molecule has 1 heterocycles. The summed E-state index contributed by atoms with van der Waals surface area (Å²) in [6, 6.07) is 30.8. The molecule has 4 unspecified atom stereocenters. The number of benzene rings is 4. The van der Waals surface area contributed by atoms with Gasteiger partial charge in [-0.05, 0) is 60.1 Å². The van der Waals surface area contributed by atoms with Gasteiger partial charge in [0.05, 0.1) is 24.9 Å². The Balaban J connectivity index is 1.32. The Morgan fingerprint density at radius 2 is 1.69 bits per heavy atom. The Morgan fingerprint density at radius 1 is 0.929 bits per heavy atom. The Morgan fingerprint density at radius 3 is 2.43 bits per heavy atom. The van der Waals surface area contributed by atoms with Crippen molar-refractivity contribution in [1.82, 2.24) is 4.90 Å². The third-order valence-electron chi connectivity index (χ3n) is 7.32. The molecule has 0 bridgehead atoms. The van der Waals surface area contributed by atoms with E-state index in [0.717, 1.165) is 16.7 Å². The molecule has 1 amide bonds. The van der Waals surface area contributed by atoms with Gasteiger partial charge in [-0.15, -0.1) is 0 Å². The van der Waals surface area contributed by atoms with Gasteiger partial charge in [0.1, 0.15) is 5.75 Å². The summed E-state index contributed by atoms with van der Waals surface area (Å²) in [5.41, 5.74) is 4.40. The molecule has 5 rings (SSSR count). The smallest absolute Gasteiger partial charge is 0.255 e. The number of aromatic hydroxyl groups is 1. The van der Waals surface area contributed by atoms with Crippen LogP contribution in [0.2, 0.25) is 0 Å². The van der Waals surface area contributed by atoms with E-state index < -0.39 is 12.4 Å². The largest absolute Gasteiger partial charge is 0.508 e. The second-order valence-electron chi connectivity index (χ2n) is 10.6. The number of anilines is 1. The molecule has 0 saturated carbocycles. The highest BCUT2D eigenvalue weighted by molar-refractivity contribution is 6.04. The Labute approximate surface area is 245 Å². The van der Waals surface area contributed by atoms with Crippen LogP contribution < -0.4 is 5.32 Å². The zero-order chi connectivity index (χ0) is 29.5. The third kappa shape index (κ3) is 7.61. The quantitative estimate of drug-likeness (QED) is 0.204. The van der Waals surface area contributed by atoms with Crippen LogP contribution in [0.15, 0.2) is 103 Å². The summed E-state index contributed by atoms with van der Waals surface area (Å²) in [4.78, 5) is 14.7. The van der Waals surface area contributed by atoms with Crippen LogP contribution in [0.4, 0.5) is 5.69 Å². The molecule has 0 aromatic heterocycles. The molecule has 218 valence electrons. The Hall–Kier alpha value is -4.05. The first-order valence-electron chi connectivity index (χ1n) is 14.0. The molecule has 1 aliphatic heterocycles. The molecular weight excluding hydrogens is 532 g/mol. The van der Waals surface area contributed by atoms with E-state index in [4.69, 9.17) is 9.47 Å². The van der Waals surface area contributed by atoms with Gasteiger partial charge in [0, 0.05) is 36.3 Å². The Kier molecular flexibility index (Phi) is 9.63. The normalized spacial score (nSPS) is 19.4. The molecule has 1 saturated heterocycles. The predicted octanol–water partition coefficient (Wildman–Crippen LogP) is 5.35. The molecule has 0 radical (unpaired) electrons. The van der Waals surface area contributed by atoms with E-state index in [1.165, 1.54) is 0 Å². The van der Waals surface area contributed by atoms with Gasteiger partial charge >= 0.3 is 0 Å². The monoisotopic (exact) mass is 568 g/mol. The predicted molar refractivity (Wildman–Crippen MR) is 160 cm³/mol. The lowest BCUT2D eigenvalue weighted by atomic mass is 9.99. The average Bonchev–Trinajstić information content (AvgIpc) is 3.01. The number of aliphatic hydroxyl groups excluding tert-OH is 2. The second kappa shape index (κ2) is 13.7. The lowest BCUT2D eigenvalue weighted by Gasteiger charge is -2.38. The van der Waals surface area contributed by atoms with Gasteiger partial charge < -0.3 is 35.0 Å². The summed E-state index contributed by atoms with van der Waals surface area (Å²) < 4.78 is 12.9.